The number of piperidine rings is 1. The molecule has 94 valence electrons. The minimum absolute atomic E-state index is 0.359. The van der Waals surface area contributed by atoms with Crippen LogP contribution in [0.1, 0.15) is 38.5 Å². The molecule has 2 heterocycles. The lowest BCUT2D eigenvalue weighted by Gasteiger charge is -2.31. The van der Waals surface area contributed by atoms with E-state index in [1.54, 1.807) is 0 Å². The highest BCUT2D eigenvalue weighted by atomic mass is 16.2. The molecule has 0 aliphatic carbocycles. The molecule has 3 heteroatoms. The van der Waals surface area contributed by atoms with E-state index in [1.165, 1.54) is 58.3 Å². The topological polar surface area (TPSA) is 35.5 Å². The zero-order valence-electron chi connectivity index (χ0n) is 10.3. The van der Waals surface area contributed by atoms with E-state index in [0.29, 0.717) is 6.61 Å². The van der Waals surface area contributed by atoms with Gasteiger partial charge in [-0.15, -0.1) is 0 Å². The Morgan fingerprint density at radius 1 is 1.19 bits per heavy atom. The van der Waals surface area contributed by atoms with Gasteiger partial charge >= 0.3 is 0 Å². The van der Waals surface area contributed by atoms with Gasteiger partial charge in [0.1, 0.15) is 0 Å². The second-order valence-electron chi connectivity index (χ2n) is 5.35. The summed E-state index contributed by atoms with van der Waals surface area (Å²) in [5, 5.41) is 12.3. The maximum atomic E-state index is 8.91. The lowest BCUT2D eigenvalue weighted by atomic mass is 9.97. The maximum Gasteiger partial charge on any atom is 0.0431 e. The molecule has 0 aromatic rings. The van der Waals surface area contributed by atoms with Crippen LogP contribution in [0.2, 0.25) is 0 Å². The molecule has 2 saturated heterocycles. The van der Waals surface area contributed by atoms with Gasteiger partial charge < -0.3 is 15.3 Å². The van der Waals surface area contributed by atoms with Gasteiger partial charge in [0.25, 0.3) is 0 Å². The van der Waals surface area contributed by atoms with Crippen LogP contribution in [0.3, 0.4) is 0 Å². The second-order valence-corrected chi connectivity index (χ2v) is 5.35. The Morgan fingerprint density at radius 2 is 2.00 bits per heavy atom. The lowest BCUT2D eigenvalue weighted by molar-refractivity contribution is 0.175. The summed E-state index contributed by atoms with van der Waals surface area (Å²) in [6, 6.07) is 0.766. The fourth-order valence-electron chi connectivity index (χ4n) is 3.19. The molecule has 2 fully saturated rings. The van der Waals surface area contributed by atoms with Crippen LogP contribution in [-0.2, 0) is 0 Å². The van der Waals surface area contributed by atoms with E-state index in [0.717, 1.165) is 18.4 Å². The summed E-state index contributed by atoms with van der Waals surface area (Å²) < 4.78 is 0. The van der Waals surface area contributed by atoms with Crippen molar-refractivity contribution in [2.45, 2.75) is 44.6 Å². The molecular formula is C13H26N2O. The van der Waals surface area contributed by atoms with Gasteiger partial charge in [-0.2, -0.15) is 0 Å². The molecule has 0 radical (unpaired) electrons. The average molecular weight is 226 g/mol. The number of hydrogen-bond acceptors (Lipinski definition) is 3. The van der Waals surface area contributed by atoms with E-state index in [9.17, 15) is 0 Å². The summed E-state index contributed by atoms with van der Waals surface area (Å²) in [7, 11) is 0. The standard InChI is InChI=1S/C13H26N2O/c16-10-2-4-13-3-1-9-15(13)11-12-5-7-14-8-6-12/h12-14,16H,1-11H2. The summed E-state index contributed by atoms with van der Waals surface area (Å²) in [6.07, 6.45) is 7.59. The fraction of sp³-hybridized carbons (Fsp3) is 1.00. The summed E-state index contributed by atoms with van der Waals surface area (Å²) in [4.78, 5) is 2.69. The van der Waals surface area contributed by atoms with E-state index < -0.39 is 0 Å². The van der Waals surface area contributed by atoms with Crippen molar-refractivity contribution in [2.75, 3.05) is 32.8 Å². The lowest BCUT2D eigenvalue weighted by Crippen LogP contribution is -2.38. The molecule has 16 heavy (non-hydrogen) atoms. The van der Waals surface area contributed by atoms with Crippen LogP contribution in [0.15, 0.2) is 0 Å². The van der Waals surface area contributed by atoms with Crippen LogP contribution in [0.4, 0.5) is 0 Å². The molecule has 2 rings (SSSR count). The van der Waals surface area contributed by atoms with Gasteiger partial charge in [-0.25, -0.2) is 0 Å². The Morgan fingerprint density at radius 3 is 2.75 bits per heavy atom. The molecule has 0 bridgehead atoms. The molecule has 2 aliphatic heterocycles. The Labute approximate surface area is 99.2 Å². The Kier molecular flexibility index (Phi) is 5.07. The van der Waals surface area contributed by atoms with Crippen LogP contribution in [0, 0.1) is 5.92 Å². The molecule has 0 aromatic carbocycles. The number of likely N-dealkylation sites (tertiary alicyclic amines) is 1. The van der Waals surface area contributed by atoms with Crippen molar-refractivity contribution in [1.29, 1.82) is 0 Å². The fourth-order valence-corrected chi connectivity index (χ4v) is 3.19. The van der Waals surface area contributed by atoms with E-state index in [2.05, 4.69) is 10.2 Å². The highest BCUT2D eigenvalue weighted by molar-refractivity contribution is 4.82. The quantitative estimate of drug-likeness (QED) is 0.740. The van der Waals surface area contributed by atoms with Crippen LogP contribution >= 0.6 is 0 Å². The summed E-state index contributed by atoms with van der Waals surface area (Å²) in [6.45, 7) is 5.37. The minimum Gasteiger partial charge on any atom is -0.396 e. The van der Waals surface area contributed by atoms with E-state index in [-0.39, 0.29) is 0 Å². The minimum atomic E-state index is 0.359. The largest absolute Gasteiger partial charge is 0.396 e. The summed E-state index contributed by atoms with van der Waals surface area (Å²) in [5.41, 5.74) is 0. The Bertz CT molecular complexity index is 192. The highest BCUT2D eigenvalue weighted by Crippen LogP contribution is 2.24. The van der Waals surface area contributed by atoms with E-state index in [4.69, 9.17) is 5.11 Å². The first-order valence-electron chi connectivity index (χ1n) is 6.96. The van der Waals surface area contributed by atoms with E-state index >= 15 is 0 Å². The number of nitrogens with zero attached hydrogens (tertiary/aromatic N) is 1. The monoisotopic (exact) mass is 226 g/mol. The number of aliphatic hydroxyl groups is 1. The van der Waals surface area contributed by atoms with Crippen molar-refractivity contribution >= 4 is 0 Å². The summed E-state index contributed by atoms with van der Waals surface area (Å²) in [5.74, 6) is 0.913. The van der Waals surface area contributed by atoms with Gasteiger partial charge in [0.05, 0.1) is 0 Å². The molecule has 0 amide bonds. The molecule has 0 aromatic heterocycles. The highest BCUT2D eigenvalue weighted by Gasteiger charge is 2.26. The zero-order valence-corrected chi connectivity index (χ0v) is 10.3. The normalized spacial score (nSPS) is 28.7. The molecule has 0 saturated carbocycles. The number of aliphatic hydroxyl groups excluding tert-OH is 1. The molecule has 1 unspecified atom stereocenters. The molecule has 2 N–H and O–H groups in total. The van der Waals surface area contributed by atoms with Gasteiger partial charge in [-0.3, -0.25) is 0 Å². The molecule has 0 spiro atoms. The van der Waals surface area contributed by atoms with E-state index in [1.807, 2.05) is 0 Å². The van der Waals surface area contributed by atoms with Gasteiger partial charge in [0.15, 0.2) is 0 Å². The van der Waals surface area contributed by atoms with Crippen LogP contribution < -0.4 is 5.32 Å². The first-order valence-corrected chi connectivity index (χ1v) is 6.96. The van der Waals surface area contributed by atoms with Crippen LogP contribution in [0.5, 0.6) is 0 Å². The van der Waals surface area contributed by atoms with Crippen LogP contribution in [-0.4, -0.2) is 48.8 Å². The second kappa shape index (κ2) is 6.58. The van der Waals surface area contributed by atoms with Crippen molar-refractivity contribution in [3.05, 3.63) is 0 Å². The average Bonchev–Trinajstić information content (AvgIpc) is 2.75. The predicted octanol–water partition coefficient (Wildman–Crippen LogP) is 1.22. The smallest absolute Gasteiger partial charge is 0.0431 e. The first kappa shape index (κ1) is 12.3. The van der Waals surface area contributed by atoms with Crippen molar-refractivity contribution in [2.24, 2.45) is 5.92 Å². The molecule has 3 nitrogen and oxygen atoms in total. The maximum absolute atomic E-state index is 8.91. The van der Waals surface area contributed by atoms with Gasteiger partial charge in [-0.1, -0.05) is 0 Å². The molecular weight excluding hydrogens is 200 g/mol. The third-order valence-corrected chi connectivity index (χ3v) is 4.15. The molecule has 2 aliphatic rings. The number of hydrogen-bond donors (Lipinski definition) is 2. The first-order chi connectivity index (χ1) is 7.90. The zero-order chi connectivity index (χ0) is 11.2. The van der Waals surface area contributed by atoms with Crippen LogP contribution in [0.25, 0.3) is 0 Å². The predicted molar refractivity (Wildman–Crippen MR) is 66.5 cm³/mol. The van der Waals surface area contributed by atoms with Gasteiger partial charge in [0.2, 0.25) is 0 Å². The third kappa shape index (κ3) is 3.44. The number of nitrogens with one attached hydrogen (secondary N) is 1. The third-order valence-electron chi connectivity index (χ3n) is 4.15. The molecule has 1 atom stereocenters. The number of rotatable bonds is 5. The summed E-state index contributed by atoms with van der Waals surface area (Å²) >= 11 is 0. The SMILES string of the molecule is OCCCC1CCCN1CC1CCNCC1. The van der Waals surface area contributed by atoms with Crippen molar-refractivity contribution in [3.8, 4) is 0 Å². The Balaban J connectivity index is 1.73. The van der Waals surface area contributed by atoms with Crippen molar-refractivity contribution < 1.29 is 5.11 Å². The van der Waals surface area contributed by atoms with Crippen molar-refractivity contribution in [3.63, 3.8) is 0 Å². The van der Waals surface area contributed by atoms with Gasteiger partial charge in [0, 0.05) is 19.2 Å². The van der Waals surface area contributed by atoms with Gasteiger partial charge in [-0.05, 0) is 64.1 Å². The Hall–Kier alpha value is -0.120. The van der Waals surface area contributed by atoms with Crippen molar-refractivity contribution in [1.82, 2.24) is 10.2 Å².